The van der Waals surface area contributed by atoms with Crippen molar-refractivity contribution in [3.63, 3.8) is 0 Å². The number of alkyl halides is 1. The average Bonchev–Trinajstić information content (AvgIpc) is 3.29. The molecule has 132 valence electrons. The van der Waals surface area contributed by atoms with E-state index in [1.54, 1.807) is 18.2 Å². The third kappa shape index (κ3) is 2.95. The highest BCUT2D eigenvalue weighted by Crippen LogP contribution is 2.35. The van der Waals surface area contributed by atoms with E-state index in [1.807, 2.05) is 30.3 Å². The topological polar surface area (TPSA) is 85.2 Å². The van der Waals surface area contributed by atoms with Crippen molar-refractivity contribution in [2.24, 2.45) is 0 Å². The molecule has 0 amide bonds. The normalized spacial score (nSPS) is 13.8. The molecule has 3 heterocycles. The van der Waals surface area contributed by atoms with Gasteiger partial charge in [0, 0.05) is 4.88 Å². The fourth-order valence-corrected chi connectivity index (χ4v) is 3.75. The van der Waals surface area contributed by atoms with E-state index in [1.165, 1.54) is 18.3 Å². The second-order valence-corrected chi connectivity index (χ2v) is 6.99. The Labute approximate surface area is 152 Å². The molecular formula is C19H16FN3O2S. The van der Waals surface area contributed by atoms with Crippen LogP contribution in [0.25, 0.3) is 21.8 Å². The highest BCUT2D eigenvalue weighted by Gasteiger charge is 2.18. The van der Waals surface area contributed by atoms with E-state index < -0.39 is 12.3 Å². The van der Waals surface area contributed by atoms with Gasteiger partial charge in [-0.3, -0.25) is 0 Å². The number of thiophene rings is 1. The van der Waals surface area contributed by atoms with Gasteiger partial charge in [0.2, 0.25) is 0 Å². The lowest BCUT2D eigenvalue weighted by molar-refractivity contribution is 0.224. The number of halogens is 1. The molecule has 7 heteroatoms. The number of benzene rings is 1. The summed E-state index contributed by atoms with van der Waals surface area (Å²) < 4.78 is 18.8. The van der Waals surface area contributed by atoms with Crippen LogP contribution in [0, 0.1) is 0 Å². The minimum Gasteiger partial charge on any atom is -0.455 e. The first-order valence-electron chi connectivity index (χ1n) is 8.07. The Morgan fingerprint density at radius 2 is 1.92 bits per heavy atom. The highest BCUT2D eigenvalue weighted by molar-refractivity contribution is 7.18. The monoisotopic (exact) mass is 369 g/mol. The molecular weight excluding hydrogens is 353 g/mol. The molecule has 4 aromatic rings. The molecule has 4 rings (SSSR count). The van der Waals surface area contributed by atoms with Crippen molar-refractivity contribution < 1.29 is 13.9 Å². The van der Waals surface area contributed by atoms with Crippen molar-refractivity contribution in [1.82, 2.24) is 9.97 Å². The molecule has 0 saturated heterocycles. The summed E-state index contributed by atoms with van der Waals surface area (Å²) >= 11 is 1.34. The van der Waals surface area contributed by atoms with Gasteiger partial charge in [-0.05, 0) is 30.7 Å². The van der Waals surface area contributed by atoms with Gasteiger partial charge in [-0.1, -0.05) is 30.3 Å². The van der Waals surface area contributed by atoms with Crippen LogP contribution in [-0.2, 0) is 0 Å². The molecule has 1 aromatic carbocycles. The molecule has 0 fully saturated rings. The molecule has 0 aliphatic carbocycles. The number of anilines is 1. The van der Waals surface area contributed by atoms with Crippen molar-refractivity contribution in [2.75, 3.05) is 5.73 Å². The number of nitrogen functional groups attached to an aromatic ring is 1. The van der Waals surface area contributed by atoms with Gasteiger partial charge in [-0.25, -0.2) is 14.4 Å². The third-order valence-corrected chi connectivity index (χ3v) is 5.15. The van der Waals surface area contributed by atoms with E-state index in [9.17, 15) is 9.50 Å². The molecule has 3 aromatic heterocycles. The van der Waals surface area contributed by atoms with Crippen molar-refractivity contribution in [3.8, 4) is 11.6 Å². The molecule has 2 atom stereocenters. The van der Waals surface area contributed by atoms with Crippen LogP contribution in [0.2, 0.25) is 0 Å². The average molecular weight is 369 g/mol. The smallest absolute Gasteiger partial charge is 0.199 e. The number of aliphatic hydroxyl groups excluding tert-OH is 1. The first kappa shape index (κ1) is 16.7. The van der Waals surface area contributed by atoms with Gasteiger partial charge in [0.1, 0.15) is 22.5 Å². The zero-order chi connectivity index (χ0) is 18.3. The van der Waals surface area contributed by atoms with Crippen molar-refractivity contribution in [1.29, 1.82) is 0 Å². The Morgan fingerprint density at radius 3 is 2.62 bits per heavy atom. The molecule has 2 unspecified atom stereocenters. The van der Waals surface area contributed by atoms with Gasteiger partial charge in [0.25, 0.3) is 0 Å². The Morgan fingerprint density at radius 1 is 1.15 bits per heavy atom. The van der Waals surface area contributed by atoms with Crippen LogP contribution in [0.4, 0.5) is 10.2 Å². The Balaban J connectivity index is 1.75. The zero-order valence-corrected chi connectivity index (χ0v) is 14.7. The molecule has 0 bridgehead atoms. The van der Waals surface area contributed by atoms with E-state index >= 15 is 0 Å². The van der Waals surface area contributed by atoms with Crippen LogP contribution in [-0.4, -0.2) is 15.1 Å². The molecule has 0 radical (unpaired) electrons. The second kappa shape index (κ2) is 6.51. The number of aromatic nitrogens is 2. The molecule has 0 aliphatic heterocycles. The van der Waals surface area contributed by atoms with Crippen molar-refractivity contribution in [3.05, 3.63) is 64.7 Å². The molecule has 5 nitrogen and oxygen atoms in total. The van der Waals surface area contributed by atoms with Crippen LogP contribution in [0.3, 0.4) is 0 Å². The maximum absolute atomic E-state index is 13.4. The van der Waals surface area contributed by atoms with Crippen LogP contribution in [0.5, 0.6) is 0 Å². The largest absolute Gasteiger partial charge is 0.455 e. The fourth-order valence-electron chi connectivity index (χ4n) is 2.69. The van der Waals surface area contributed by atoms with Gasteiger partial charge in [0.15, 0.2) is 17.8 Å². The molecule has 26 heavy (non-hydrogen) atoms. The lowest BCUT2D eigenvalue weighted by Gasteiger charge is -2.07. The fraction of sp³-hybridized carbons (Fsp3) is 0.158. The summed E-state index contributed by atoms with van der Waals surface area (Å²) in [6, 6.07) is 14.3. The van der Waals surface area contributed by atoms with E-state index in [-0.39, 0.29) is 5.76 Å². The van der Waals surface area contributed by atoms with Crippen molar-refractivity contribution >= 4 is 27.4 Å². The highest BCUT2D eigenvalue weighted by atomic mass is 32.1. The number of hydrogen-bond donors (Lipinski definition) is 2. The molecule has 0 saturated carbocycles. The molecule has 0 aliphatic rings. The van der Waals surface area contributed by atoms with Crippen LogP contribution in [0.15, 0.2) is 52.9 Å². The number of aliphatic hydroxyl groups is 1. The van der Waals surface area contributed by atoms with Gasteiger partial charge in [-0.2, -0.15) is 0 Å². The Hall–Kier alpha value is -2.77. The first-order valence-corrected chi connectivity index (χ1v) is 8.88. The SMILES string of the molecule is CC(F)c1ccc(-c2nc(N)c3cc(C(O)c4ccccc4)sc3n2)o1. The number of nitrogens with two attached hydrogens (primary N) is 1. The first-order chi connectivity index (χ1) is 12.5. The summed E-state index contributed by atoms with van der Waals surface area (Å²) in [4.78, 5) is 10.1. The van der Waals surface area contributed by atoms with E-state index in [4.69, 9.17) is 10.2 Å². The Bertz CT molecular complexity index is 1060. The standard InChI is InChI=1S/C19H16FN3O2S/c1-10(20)13-7-8-14(25-13)18-22-17(21)12-9-15(26-19(12)23-18)16(24)11-5-3-2-4-6-11/h2-10,16,24H,1H3,(H2,21,22,23). The van der Waals surface area contributed by atoms with Gasteiger partial charge in [0.05, 0.1) is 5.39 Å². The number of rotatable bonds is 4. The van der Waals surface area contributed by atoms with E-state index in [2.05, 4.69) is 9.97 Å². The maximum atomic E-state index is 13.4. The predicted molar refractivity (Wildman–Crippen MR) is 99.6 cm³/mol. The van der Waals surface area contributed by atoms with Crippen molar-refractivity contribution in [2.45, 2.75) is 19.2 Å². The summed E-state index contributed by atoms with van der Waals surface area (Å²) in [5.74, 6) is 1.16. The van der Waals surface area contributed by atoms with E-state index in [0.717, 1.165) is 10.4 Å². The summed E-state index contributed by atoms with van der Waals surface area (Å²) in [5.41, 5.74) is 6.86. The van der Waals surface area contributed by atoms with E-state index in [0.29, 0.717) is 27.6 Å². The quantitative estimate of drug-likeness (QED) is 0.547. The summed E-state index contributed by atoms with van der Waals surface area (Å²) in [7, 11) is 0. The number of fused-ring (bicyclic) bond motifs is 1. The predicted octanol–water partition coefficient (Wildman–Crippen LogP) is 4.65. The lowest BCUT2D eigenvalue weighted by atomic mass is 10.1. The van der Waals surface area contributed by atoms with Crippen LogP contribution < -0.4 is 5.73 Å². The minimum absolute atomic E-state index is 0.216. The molecule has 3 N–H and O–H groups in total. The number of furan rings is 1. The summed E-state index contributed by atoms with van der Waals surface area (Å²) in [6.07, 6.45) is -1.97. The molecule has 0 spiro atoms. The lowest BCUT2D eigenvalue weighted by Crippen LogP contribution is -1.96. The minimum atomic E-state index is -1.21. The number of nitrogens with zero attached hydrogens (tertiary/aromatic N) is 2. The Kier molecular flexibility index (Phi) is 4.18. The van der Waals surface area contributed by atoms with Gasteiger partial charge >= 0.3 is 0 Å². The maximum Gasteiger partial charge on any atom is 0.199 e. The van der Waals surface area contributed by atoms with Crippen LogP contribution >= 0.6 is 11.3 Å². The van der Waals surface area contributed by atoms with Gasteiger partial charge < -0.3 is 15.3 Å². The third-order valence-electron chi connectivity index (χ3n) is 4.07. The summed E-state index contributed by atoms with van der Waals surface area (Å²) in [5, 5.41) is 11.3. The summed E-state index contributed by atoms with van der Waals surface area (Å²) in [6.45, 7) is 1.40. The zero-order valence-electron chi connectivity index (χ0n) is 13.9. The van der Waals surface area contributed by atoms with Gasteiger partial charge in [-0.15, -0.1) is 11.3 Å². The van der Waals surface area contributed by atoms with Crippen LogP contribution in [0.1, 0.15) is 35.4 Å². The number of hydrogen-bond acceptors (Lipinski definition) is 6. The second-order valence-electron chi connectivity index (χ2n) is 5.93.